The van der Waals surface area contributed by atoms with Gasteiger partial charge in [0.2, 0.25) is 5.89 Å². The molecule has 0 fully saturated rings. The Kier molecular flexibility index (Phi) is 4.16. The van der Waals surface area contributed by atoms with E-state index >= 15 is 0 Å². The summed E-state index contributed by atoms with van der Waals surface area (Å²) in [6, 6.07) is 10.9. The topological polar surface area (TPSA) is 79.8 Å². The standard InChI is InChI=1S/C19H10F3N3O2S/c1-9-10-6-7-14(19(20,21)22)25-18(10)28-16(9)15(26)11(8-23)17-24-12-4-2-3-5-13(12)27-17/h2-7,11H,1H3. The molecule has 3 heterocycles. The van der Waals surface area contributed by atoms with Crippen molar-refractivity contribution in [3.8, 4) is 6.07 Å². The normalized spacial score (nSPS) is 13.0. The predicted molar refractivity (Wildman–Crippen MR) is 96.1 cm³/mol. The molecular weight excluding hydrogens is 391 g/mol. The highest BCUT2D eigenvalue weighted by atomic mass is 32.1. The van der Waals surface area contributed by atoms with Crippen LogP contribution in [0.3, 0.4) is 0 Å². The summed E-state index contributed by atoms with van der Waals surface area (Å²) < 4.78 is 44.2. The van der Waals surface area contributed by atoms with Gasteiger partial charge in [0.25, 0.3) is 0 Å². The van der Waals surface area contributed by atoms with Gasteiger partial charge in [-0.15, -0.1) is 11.3 Å². The average molecular weight is 401 g/mol. The molecule has 0 saturated heterocycles. The van der Waals surface area contributed by atoms with Crippen molar-refractivity contribution in [3.05, 3.63) is 58.4 Å². The molecule has 0 saturated carbocycles. The number of rotatable bonds is 3. The Morgan fingerprint density at radius 1 is 1.21 bits per heavy atom. The maximum atomic E-state index is 13.0. The van der Waals surface area contributed by atoms with Crippen LogP contribution in [0.15, 0.2) is 40.8 Å². The van der Waals surface area contributed by atoms with E-state index in [0.29, 0.717) is 22.0 Å². The van der Waals surface area contributed by atoms with E-state index in [1.807, 2.05) is 6.07 Å². The molecule has 0 bridgehead atoms. The Bertz CT molecular complexity index is 1230. The maximum Gasteiger partial charge on any atom is 0.433 e. The number of nitrogens with zero attached hydrogens (tertiary/aromatic N) is 3. The van der Waals surface area contributed by atoms with Crippen LogP contribution in [0.5, 0.6) is 0 Å². The Balaban J connectivity index is 1.78. The minimum atomic E-state index is -4.58. The van der Waals surface area contributed by atoms with Crippen molar-refractivity contribution in [1.82, 2.24) is 9.97 Å². The quantitative estimate of drug-likeness (QED) is 0.438. The van der Waals surface area contributed by atoms with Crippen LogP contribution in [0.2, 0.25) is 0 Å². The summed E-state index contributed by atoms with van der Waals surface area (Å²) in [5.74, 6) is -1.93. The van der Waals surface area contributed by atoms with Crippen LogP contribution in [-0.2, 0) is 6.18 Å². The van der Waals surface area contributed by atoms with Crippen LogP contribution in [0.4, 0.5) is 13.2 Å². The lowest BCUT2D eigenvalue weighted by Crippen LogP contribution is -2.11. The lowest BCUT2D eigenvalue weighted by atomic mass is 10.0. The smallest absolute Gasteiger partial charge is 0.433 e. The van der Waals surface area contributed by atoms with Crippen LogP contribution < -0.4 is 0 Å². The van der Waals surface area contributed by atoms with Gasteiger partial charge < -0.3 is 4.42 Å². The molecule has 1 unspecified atom stereocenters. The molecule has 0 radical (unpaired) electrons. The van der Waals surface area contributed by atoms with E-state index in [2.05, 4.69) is 9.97 Å². The van der Waals surface area contributed by atoms with Gasteiger partial charge in [-0.3, -0.25) is 4.79 Å². The van der Waals surface area contributed by atoms with E-state index in [4.69, 9.17) is 4.42 Å². The number of aryl methyl sites for hydroxylation is 1. The number of hydrogen-bond acceptors (Lipinski definition) is 6. The maximum absolute atomic E-state index is 13.0. The molecule has 9 heteroatoms. The van der Waals surface area contributed by atoms with Crippen LogP contribution >= 0.6 is 11.3 Å². The van der Waals surface area contributed by atoms with Crippen LogP contribution in [0.25, 0.3) is 21.3 Å². The molecule has 140 valence electrons. The summed E-state index contributed by atoms with van der Waals surface area (Å²) in [6.45, 7) is 1.61. The van der Waals surface area contributed by atoms with Crippen molar-refractivity contribution < 1.29 is 22.4 Å². The third-order valence-electron chi connectivity index (χ3n) is 4.27. The van der Waals surface area contributed by atoms with Crippen molar-refractivity contribution in [1.29, 1.82) is 5.26 Å². The molecule has 5 nitrogen and oxygen atoms in total. The van der Waals surface area contributed by atoms with Crippen LogP contribution in [0, 0.1) is 18.3 Å². The zero-order valence-corrected chi connectivity index (χ0v) is 15.1. The third-order valence-corrected chi connectivity index (χ3v) is 5.48. The fourth-order valence-corrected chi connectivity index (χ4v) is 4.01. The highest BCUT2D eigenvalue weighted by molar-refractivity contribution is 7.20. The average Bonchev–Trinajstić information content (AvgIpc) is 3.22. The van der Waals surface area contributed by atoms with Crippen LogP contribution in [0.1, 0.15) is 32.7 Å². The monoisotopic (exact) mass is 401 g/mol. The molecule has 0 aliphatic carbocycles. The van der Waals surface area contributed by atoms with Gasteiger partial charge in [-0.25, -0.2) is 9.97 Å². The number of benzene rings is 1. The SMILES string of the molecule is Cc1c(C(=O)C(C#N)c2nc3ccccc3o2)sc2nc(C(F)(F)F)ccc12. The fraction of sp³-hybridized carbons (Fsp3) is 0.158. The summed E-state index contributed by atoms with van der Waals surface area (Å²) >= 11 is 0.826. The molecule has 0 aliphatic heterocycles. The van der Waals surface area contributed by atoms with Crippen molar-refractivity contribution in [2.75, 3.05) is 0 Å². The largest absolute Gasteiger partial charge is 0.439 e. The first-order valence-corrected chi connectivity index (χ1v) is 8.88. The van der Waals surface area contributed by atoms with E-state index in [0.717, 1.165) is 17.4 Å². The molecule has 0 aliphatic rings. The lowest BCUT2D eigenvalue weighted by molar-refractivity contribution is -0.140. The van der Waals surface area contributed by atoms with Gasteiger partial charge in [0.05, 0.1) is 10.9 Å². The first-order chi connectivity index (χ1) is 13.3. The van der Waals surface area contributed by atoms with Crippen molar-refractivity contribution in [2.24, 2.45) is 0 Å². The number of aromatic nitrogens is 2. The van der Waals surface area contributed by atoms with Gasteiger partial charge in [-0.05, 0) is 36.8 Å². The number of thiophene rings is 1. The number of carbonyl (C=O) groups is 1. The van der Waals surface area contributed by atoms with E-state index in [1.54, 1.807) is 31.2 Å². The number of alkyl halides is 3. The number of halogens is 3. The van der Waals surface area contributed by atoms with Crippen LogP contribution in [-0.4, -0.2) is 15.8 Å². The number of pyridine rings is 1. The molecule has 28 heavy (non-hydrogen) atoms. The predicted octanol–water partition coefficient (Wildman–Crippen LogP) is 5.25. The molecule has 4 rings (SSSR count). The Morgan fingerprint density at radius 3 is 2.64 bits per heavy atom. The van der Waals surface area contributed by atoms with E-state index in [1.165, 1.54) is 6.07 Å². The second kappa shape index (κ2) is 6.42. The van der Waals surface area contributed by atoms with Gasteiger partial charge in [0, 0.05) is 5.39 Å². The number of ketones is 1. The summed E-state index contributed by atoms with van der Waals surface area (Å²) in [7, 11) is 0. The number of para-hydroxylation sites is 2. The highest BCUT2D eigenvalue weighted by Crippen LogP contribution is 2.36. The Labute approximate surface area is 160 Å². The molecular formula is C19H10F3N3O2S. The molecule has 0 amide bonds. The molecule has 1 aromatic carbocycles. The number of fused-ring (bicyclic) bond motifs is 2. The van der Waals surface area contributed by atoms with Gasteiger partial charge in [-0.1, -0.05) is 12.1 Å². The summed E-state index contributed by atoms with van der Waals surface area (Å²) in [4.78, 5) is 21.0. The zero-order chi connectivity index (χ0) is 20.1. The molecule has 1 atom stereocenters. The number of oxazole rings is 1. The second-order valence-corrected chi connectivity index (χ2v) is 7.05. The Morgan fingerprint density at radius 2 is 1.96 bits per heavy atom. The highest BCUT2D eigenvalue weighted by Gasteiger charge is 2.34. The molecule has 4 aromatic rings. The van der Waals surface area contributed by atoms with Crippen molar-refractivity contribution in [2.45, 2.75) is 19.0 Å². The first kappa shape index (κ1) is 18.1. The zero-order valence-electron chi connectivity index (χ0n) is 14.2. The van der Waals surface area contributed by atoms with Crippen molar-refractivity contribution in [3.63, 3.8) is 0 Å². The summed E-state index contributed by atoms with van der Waals surface area (Å²) in [5, 5.41) is 9.96. The summed E-state index contributed by atoms with van der Waals surface area (Å²) in [5.41, 5.74) is 0.392. The minimum absolute atomic E-state index is 0.0468. The number of hydrogen-bond donors (Lipinski definition) is 0. The lowest BCUT2D eigenvalue weighted by Gasteiger charge is -2.04. The third kappa shape index (κ3) is 2.92. The molecule has 0 N–H and O–H groups in total. The number of nitriles is 1. The number of carbonyl (C=O) groups excluding carboxylic acids is 1. The van der Waals surface area contributed by atoms with E-state index in [9.17, 15) is 23.2 Å². The van der Waals surface area contributed by atoms with Gasteiger partial charge in [0.15, 0.2) is 17.3 Å². The molecule has 0 spiro atoms. The van der Waals surface area contributed by atoms with E-state index in [-0.39, 0.29) is 15.6 Å². The second-order valence-electron chi connectivity index (χ2n) is 6.05. The van der Waals surface area contributed by atoms with E-state index < -0.39 is 23.6 Å². The fourth-order valence-electron chi connectivity index (χ4n) is 2.86. The Hall–Kier alpha value is -3.25. The number of Topliss-reactive ketones (excluding diaryl/α,β-unsaturated/α-hetero) is 1. The first-order valence-electron chi connectivity index (χ1n) is 8.06. The van der Waals surface area contributed by atoms with Crippen molar-refractivity contribution >= 4 is 38.4 Å². The minimum Gasteiger partial charge on any atom is -0.439 e. The van der Waals surface area contributed by atoms with Gasteiger partial charge in [-0.2, -0.15) is 18.4 Å². The summed E-state index contributed by atoms with van der Waals surface area (Å²) in [6.07, 6.45) is -4.58. The molecule has 3 aromatic heterocycles. The van der Waals surface area contributed by atoms with Gasteiger partial charge >= 0.3 is 6.18 Å². The van der Waals surface area contributed by atoms with Gasteiger partial charge in [0.1, 0.15) is 16.0 Å².